The van der Waals surface area contributed by atoms with Crippen molar-refractivity contribution in [3.8, 4) is 11.5 Å². The van der Waals surface area contributed by atoms with E-state index in [-0.39, 0.29) is 19.1 Å². The van der Waals surface area contributed by atoms with Gasteiger partial charge >= 0.3 is 0 Å². The maximum absolute atomic E-state index is 12.1. The number of fused-ring (bicyclic) bond motifs is 1. The van der Waals surface area contributed by atoms with Gasteiger partial charge in [-0.15, -0.1) is 0 Å². The fourth-order valence-corrected chi connectivity index (χ4v) is 2.45. The van der Waals surface area contributed by atoms with E-state index in [1.165, 1.54) is 11.1 Å². The van der Waals surface area contributed by atoms with Crippen LogP contribution >= 0.6 is 0 Å². The predicted molar refractivity (Wildman–Crippen MR) is 93.0 cm³/mol. The molecule has 0 saturated heterocycles. The molecule has 0 bridgehead atoms. The Kier molecular flexibility index (Phi) is 4.94. The molecule has 2 amide bonds. The molecule has 3 rings (SSSR count). The van der Waals surface area contributed by atoms with Gasteiger partial charge in [0.05, 0.1) is 19.0 Å². The van der Waals surface area contributed by atoms with Gasteiger partial charge in [-0.05, 0) is 24.3 Å². The van der Waals surface area contributed by atoms with Crippen molar-refractivity contribution in [2.75, 3.05) is 25.2 Å². The molecule has 0 atom stereocenters. The first-order chi connectivity index (χ1) is 12.2. The van der Waals surface area contributed by atoms with Gasteiger partial charge in [-0.2, -0.15) is 5.10 Å². The zero-order valence-corrected chi connectivity index (χ0v) is 13.6. The molecular weight excluding hydrogens is 322 g/mol. The number of hydrazone groups is 1. The van der Waals surface area contributed by atoms with Crippen molar-refractivity contribution in [1.29, 1.82) is 0 Å². The average Bonchev–Trinajstić information content (AvgIpc) is 2.64. The quantitative estimate of drug-likeness (QED) is 0.662. The van der Waals surface area contributed by atoms with Crippen LogP contribution in [0, 0.1) is 0 Å². The van der Waals surface area contributed by atoms with E-state index in [1.54, 1.807) is 31.4 Å². The SMILES string of the molecule is COc1ccccc1/C=N\NC(=O)CN1C(=O)COc2ccccc21. The van der Waals surface area contributed by atoms with E-state index < -0.39 is 5.91 Å². The minimum absolute atomic E-state index is 0.0885. The van der Waals surface area contributed by atoms with Crippen molar-refractivity contribution in [2.24, 2.45) is 5.10 Å². The van der Waals surface area contributed by atoms with Gasteiger partial charge in [-0.3, -0.25) is 14.5 Å². The Morgan fingerprint density at radius 1 is 1.28 bits per heavy atom. The molecule has 128 valence electrons. The highest BCUT2D eigenvalue weighted by Gasteiger charge is 2.26. The monoisotopic (exact) mass is 339 g/mol. The Morgan fingerprint density at radius 3 is 2.88 bits per heavy atom. The molecule has 25 heavy (non-hydrogen) atoms. The summed E-state index contributed by atoms with van der Waals surface area (Å²) in [6.45, 7) is -0.225. The van der Waals surface area contributed by atoms with Gasteiger partial charge in [-0.25, -0.2) is 5.43 Å². The van der Waals surface area contributed by atoms with Gasteiger partial charge in [0.15, 0.2) is 6.61 Å². The number of anilines is 1. The van der Waals surface area contributed by atoms with Crippen LogP contribution in [0.25, 0.3) is 0 Å². The molecule has 2 aromatic carbocycles. The third-order valence-corrected chi connectivity index (χ3v) is 3.64. The molecule has 2 aromatic rings. The number of para-hydroxylation sites is 3. The number of nitrogens with zero attached hydrogens (tertiary/aromatic N) is 2. The molecular formula is C18H17N3O4. The van der Waals surface area contributed by atoms with Crippen molar-refractivity contribution in [1.82, 2.24) is 5.43 Å². The minimum atomic E-state index is -0.406. The van der Waals surface area contributed by atoms with Gasteiger partial charge in [0, 0.05) is 5.56 Å². The van der Waals surface area contributed by atoms with E-state index in [2.05, 4.69) is 10.5 Å². The topological polar surface area (TPSA) is 80.2 Å². The molecule has 1 N–H and O–H groups in total. The van der Waals surface area contributed by atoms with Crippen LogP contribution in [0.2, 0.25) is 0 Å². The van der Waals surface area contributed by atoms with E-state index in [0.29, 0.717) is 17.2 Å². The lowest BCUT2D eigenvalue weighted by Crippen LogP contribution is -2.44. The van der Waals surface area contributed by atoms with Crippen LogP contribution in [0.15, 0.2) is 53.6 Å². The lowest BCUT2D eigenvalue weighted by Gasteiger charge is -2.28. The first-order valence-electron chi connectivity index (χ1n) is 7.66. The summed E-state index contributed by atoms with van der Waals surface area (Å²) in [5, 5.41) is 3.92. The van der Waals surface area contributed by atoms with E-state index in [4.69, 9.17) is 9.47 Å². The number of carbonyl (C=O) groups is 2. The molecule has 1 aliphatic rings. The molecule has 7 nitrogen and oxygen atoms in total. The Hall–Kier alpha value is -3.35. The number of benzene rings is 2. The first-order valence-corrected chi connectivity index (χ1v) is 7.66. The van der Waals surface area contributed by atoms with Crippen molar-refractivity contribution >= 4 is 23.7 Å². The number of carbonyl (C=O) groups excluding carboxylic acids is 2. The molecule has 0 aliphatic carbocycles. The standard InChI is InChI=1S/C18H17N3O4/c1-24-15-8-4-2-6-13(15)10-19-20-17(22)11-21-14-7-3-5-9-16(14)25-12-18(21)23/h2-10H,11-12H2,1H3,(H,20,22)/b19-10-. The Balaban J connectivity index is 1.65. The second kappa shape index (κ2) is 7.48. The Bertz CT molecular complexity index is 819. The summed E-state index contributed by atoms with van der Waals surface area (Å²) in [5.74, 6) is 0.545. The summed E-state index contributed by atoms with van der Waals surface area (Å²) >= 11 is 0. The van der Waals surface area contributed by atoms with Crippen LogP contribution in [0.3, 0.4) is 0 Å². The van der Waals surface area contributed by atoms with Crippen LogP contribution in [0.5, 0.6) is 11.5 Å². The number of hydrogen-bond donors (Lipinski definition) is 1. The molecule has 1 aliphatic heterocycles. The summed E-state index contributed by atoms with van der Waals surface area (Å²) in [4.78, 5) is 25.5. The highest BCUT2D eigenvalue weighted by atomic mass is 16.5. The van der Waals surface area contributed by atoms with Gasteiger partial charge < -0.3 is 9.47 Å². The maximum atomic E-state index is 12.1. The summed E-state index contributed by atoms with van der Waals surface area (Å²) in [7, 11) is 1.56. The van der Waals surface area contributed by atoms with E-state index in [0.717, 1.165) is 5.56 Å². The molecule has 0 spiro atoms. The van der Waals surface area contributed by atoms with Crippen molar-refractivity contribution in [3.63, 3.8) is 0 Å². The van der Waals surface area contributed by atoms with Gasteiger partial charge in [0.25, 0.3) is 11.8 Å². The van der Waals surface area contributed by atoms with Crippen LogP contribution in [-0.2, 0) is 9.59 Å². The van der Waals surface area contributed by atoms with Crippen LogP contribution in [0.1, 0.15) is 5.56 Å². The average molecular weight is 339 g/mol. The lowest BCUT2D eigenvalue weighted by molar-refractivity contribution is -0.125. The van der Waals surface area contributed by atoms with Crippen LogP contribution < -0.4 is 19.8 Å². The molecule has 0 unspecified atom stereocenters. The van der Waals surface area contributed by atoms with E-state index >= 15 is 0 Å². The highest BCUT2D eigenvalue weighted by molar-refractivity contribution is 6.02. The third-order valence-electron chi connectivity index (χ3n) is 3.64. The normalized spacial score (nSPS) is 13.3. The van der Waals surface area contributed by atoms with Crippen molar-refractivity contribution in [2.45, 2.75) is 0 Å². The zero-order valence-electron chi connectivity index (χ0n) is 13.6. The number of methoxy groups -OCH3 is 1. The van der Waals surface area contributed by atoms with Crippen molar-refractivity contribution in [3.05, 3.63) is 54.1 Å². The Morgan fingerprint density at radius 2 is 2.04 bits per heavy atom. The van der Waals surface area contributed by atoms with Crippen LogP contribution in [0.4, 0.5) is 5.69 Å². The molecule has 0 saturated carbocycles. The molecule has 0 aromatic heterocycles. The molecule has 1 heterocycles. The molecule has 7 heteroatoms. The minimum Gasteiger partial charge on any atom is -0.496 e. The number of amides is 2. The summed E-state index contributed by atoms with van der Waals surface area (Å²) < 4.78 is 10.6. The number of nitrogens with one attached hydrogen (secondary N) is 1. The second-order valence-electron chi connectivity index (χ2n) is 5.27. The summed E-state index contributed by atoms with van der Waals surface area (Å²) in [6.07, 6.45) is 1.49. The molecule has 0 radical (unpaired) electrons. The smallest absolute Gasteiger partial charge is 0.265 e. The third kappa shape index (κ3) is 3.77. The fourth-order valence-electron chi connectivity index (χ4n) is 2.45. The zero-order chi connectivity index (χ0) is 17.6. The fraction of sp³-hybridized carbons (Fsp3) is 0.167. The number of rotatable bonds is 5. The number of ether oxygens (including phenoxy) is 2. The van der Waals surface area contributed by atoms with Crippen molar-refractivity contribution < 1.29 is 19.1 Å². The second-order valence-corrected chi connectivity index (χ2v) is 5.27. The largest absolute Gasteiger partial charge is 0.496 e. The summed E-state index contributed by atoms with van der Waals surface area (Å²) in [6, 6.07) is 14.4. The van der Waals surface area contributed by atoms with Gasteiger partial charge in [0.2, 0.25) is 0 Å². The number of hydrogen-bond acceptors (Lipinski definition) is 5. The first kappa shape index (κ1) is 16.5. The Labute approximate surface area is 144 Å². The predicted octanol–water partition coefficient (Wildman–Crippen LogP) is 1.57. The highest BCUT2D eigenvalue weighted by Crippen LogP contribution is 2.31. The van der Waals surface area contributed by atoms with E-state index in [9.17, 15) is 9.59 Å². The van der Waals surface area contributed by atoms with E-state index in [1.807, 2.05) is 24.3 Å². The summed E-state index contributed by atoms with van der Waals surface area (Å²) in [5.41, 5.74) is 3.73. The molecule has 0 fully saturated rings. The van der Waals surface area contributed by atoms with Crippen LogP contribution in [-0.4, -0.2) is 38.3 Å². The maximum Gasteiger partial charge on any atom is 0.265 e. The van der Waals surface area contributed by atoms with Gasteiger partial charge in [0.1, 0.15) is 18.0 Å². The lowest BCUT2D eigenvalue weighted by atomic mass is 10.2. The van der Waals surface area contributed by atoms with Gasteiger partial charge in [-0.1, -0.05) is 24.3 Å².